The first-order valence-corrected chi connectivity index (χ1v) is 10.6. The van der Waals surface area contributed by atoms with Crippen molar-refractivity contribution in [3.8, 4) is 0 Å². The Hall–Kier alpha value is -1.32. The van der Waals surface area contributed by atoms with Crippen LogP contribution in [0.25, 0.3) is 0 Å². The summed E-state index contributed by atoms with van der Waals surface area (Å²) in [6.45, 7) is 12.5. The minimum Gasteiger partial charge on any atom is -0.462 e. The number of allylic oxidation sites excluding steroid dienone is 2. The molecule has 0 spiro atoms. The highest BCUT2D eigenvalue weighted by molar-refractivity contribution is 5.84. The van der Waals surface area contributed by atoms with Gasteiger partial charge in [-0.15, -0.1) is 0 Å². The van der Waals surface area contributed by atoms with Crippen LogP contribution >= 0.6 is 0 Å². The van der Waals surface area contributed by atoms with E-state index in [1.54, 1.807) is 0 Å². The molecule has 27 heavy (non-hydrogen) atoms. The number of carbonyl (C=O) groups excluding carboxylic acids is 2. The lowest BCUT2D eigenvalue weighted by molar-refractivity contribution is -0.174. The van der Waals surface area contributed by atoms with Gasteiger partial charge in [-0.1, -0.05) is 32.9 Å². The summed E-state index contributed by atoms with van der Waals surface area (Å²) in [6.07, 6.45) is 8.34. The predicted molar refractivity (Wildman–Crippen MR) is 103 cm³/mol. The van der Waals surface area contributed by atoms with E-state index in [4.69, 9.17) is 9.47 Å². The zero-order chi connectivity index (χ0) is 19.8. The fourth-order valence-electron chi connectivity index (χ4n) is 6.36. The van der Waals surface area contributed by atoms with E-state index in [9.17, 15) is 9.59 Å². The second kappa shape index (κ2) is 5.84. The van der Waals surface area contributed by atoms with Crippen LogP contribution in [0.5, 0.6) is 0 Å². The van der Waals surface area contributed by atoms with E-state index in [1.165, 1.54) is 6.42 Å². The fourth-order valence-corrected chi connectivity index (χ4v) is 6.36. The molecule has 3 saturated carbocycles. The van der Waals surface area contributed by atoms with E-state index in [2.05, 4.69) is 32.9 Å². The van der Waals surface area contributed by atoms with Crippen LogP contribution in [0.2, 0.25) is 0 Å². The first kappa shape index (κ1) is 19.0. The van der Waals surface area contributed by atoms with E-state index in [0.29, 0.717) is 5.92 Å². The lowest BCUT2D eigenvalue weighted by atomic mass is 9.70. The van der Waals surface area contributed by atoms with Crippen molar-refractivity contribution in [1.82, 2.24) is 0 Å². The second-order valence-corrected chi connectivity index (χ2v) is 11.1. The molecule has 0 saturated heterocycles. The van der Waals surface area contributed by atoms with E-state index < -0.39 is 11.5 Å². The Morgan fingerprint density at radius 3 is 2.04 bits per heavy atom. The standard InChI is InChI=1S/C23H34O4/c1-21(2,3)27-20(25)18-14-8-7-13(11-14)17(18)19(24)26-16-12-15-9-10-23(16,6)22(15,4)5/h7-8,13-18H,9-12H2,1-6H3/t13-,14+,15-,16+,17-,18+,23+/m0/s1. The number of fused-ring (bicyclic) bond motifs is 4. The van der Waals surface area contributed by atoms with E-state index >= 15 is 0 Å². The van der Waals surface area contributed by atoms with Crippen molar-refractivity contribution < 1.29 is 19.1 Å². The Labute approximate surface area is 163 Å². The summed E-state index contributed by atoms with van der Waals surface area (Å²) in [5, 5.41) is 0. The summed E-state index contributed by atoms with van der Waals surface area (Å²) in [4.78, 5) is 26.1. The summed E-state index contributed by atoms with van der Waals surface area (Å²) in [6, 6.07) is 0. The monoisotopic (exact) mass is 374 g/mol. The summed E-state index contributed by atoms with van der Waals surface area (Å²) in [7, 11) is 0. The number of esters is 2. The minimum atomic E-state index is -0.542. The Kier molecular flexibility index (Phi) is 4.11. The maximum absolute atomic E-state index is 13.2. The molecule has 0 heterocycles. The Bertz CT molecular complexity index is 685. The van der Waals surface area contributed by atoms with Gasteiger partial charge < -0.3 is 9.47 Å². The number of carbonyl (C=O) groups is 2. The van der Waals surface area contributed by atoms with Crippen molar-refractivity contribution in [2.24, 2.45) is 40.4 Å². The predicted octanol–water partition coefficient (Wildman–Crippen LogP) is 4.52. The molecule has 0 aliphatic heterocycles. The molecule has 0 radical (unpaired) electrons. The zero-order valence-electron chi connectivity index (χ0n) is 17.6. The fraction of sp³-hybridized carbons (Fsp3) is 0.826. The van der Waals surface area contributed by atoms with Gasteiger partial charge >= 0.3 is 11.9 Å². The summed E-state index contributed by atoms with van der Waals surface area (Å²) in [5.74, 6) is -0.374. The van der Waals surface area contributed by atoms with E-state index in [1.807, 2.05) is 20.8 Å². The van der Waals surface area contributed by atoms with Gasteiger partial charge in [0, 0.05) is 5.41 Å². The van der Waals surface area contributed by atoms with Gasteiger partial charge in [0.2, 0.25) is 0 Å². The lowest BCUT2D eigenvalue weighted by Crippen LogP contribution is -2.43. The minimum absolute atomic E-state index is 0.0267. The smallest absolute Gasteiger partial charge is 0.310 e. The number of ether oxygens (including phenoxy) is 2. The van der Waals surface area contributed by atoms with Crippen molar-refractivity contribution in [2.75, 3.05) is 0 Å². The van der Waals surface area contributed by atoms with Crippen molar-refractivity contribution in [3.05, 3.63) is 12.2 Å². The topological polar surface area (TPSA) is 52.6 Å². The van der Waals surface area contributed by atoms with Gasteiger partial charge in [0.25, 0.3) is 0 Å². The quantitative estimate of drug-likeness (QED) is 0.538. The molecule has 0 N–H and O–H groups in total. The number of hydrogen-bond donors (Lipinski definition) is 0. The van der Waals surface area contributed by atoms with Gasteiger partial charge in [0.05, 0.1) is 11.8 Å². The number of hydrogen-bond acceptors (Lipinski definition) is 4. The van der Waals surface area contributed by atoms with Crippen molar-refractivity contribution >= 4 is 11.9 Å². The highest BCUT2D eigenvalue weighted by Crippen LogP contribution is 2.66. The third-order valence-corrected chi connectivity index (χ3v) is 8.38. The van der Waals surface area contributed by atoms with Crippen LogP contribution in [0.3, 0.4) is 0 Å². The number of rotatable bonds is 3. The molecular weight excluding hydrogens is 340 g/mol. The molecule has 4 heteroatoms. The van der Waals surface area contributed by atoms with Crippen molar-refractivity contribution in [1.29, 1.82) is 0 Å². The maximum atomic E-state index is 13.2. The molecule has 0 unspecified atom stereocenters. The Morgan fingerprint density at radius 2 is 1.56 bits per heavy atom. The van der Waals surface area contributed by atoms with Crippen LogP contribution in [-0.4, -0.2) is 23.6 Å². The average Bonchev–Trinajstić information content (AvgIpc) is 3.24. The Morgan fingerprint density at radius 1 is 0.963 bits per heavy atom. The molecule has 4 aliphatic rings. The lowest BCUT2D eigenvalue weighted by Gasteiger charge is -2.39. The molecule has 150 valence electrons. The average molecular weight is 375 g/mol. The molecule has 4 bridgehead atoms. The highest BCUT2D eigenvalue weighted by Gasteiger charge is 2.63. The van der Waals surface area contributed by atoms with Crippen LogP contribution in [0, 0.1) is 40.4 Å². The van der Waals surface area contributed by atoms with Gasteiger partial charge in [-0.25, -0.2) is 0 Å². The molecule has 4 aliphatic carbocycles. The molecular formula is C23H34O4. The second-order valence-electron chi connectivity index (χ2n) is 11.1. The van der Waals surface area contributed by atoms with Crippen LogP contribution < -0.4 is 0 Å². The van der Waals surface area contributed by atoms with Crippen LogP contribution in [0.4, 0.5) is 0 Å². The molecule has 0 amide bonds. The maximum Gasteiger partial charge on any atom is 0.310 e. The van der Waals surface area contributed by atoms with E-state index in [0.717, 1.165) is 19.3 Å². The third-order valence-electron chi connectivity index (χ3n) is 8.38. The van der Waals surface area contributed by atoms with Crippen molar-refractivity contribution in [2.45, 2.75) is 78.9 Å². The molecule has 7 atom stereocenters. The molecule has 4 nitrogen and oxygen atoms in total. The molecule has 0 aromatic heterocycles. The van der Waals surface area contributed by atoms with Crippen LogP contribution in [-0.2, 0) is 19.1 Å². The third kappa shape index (κ3) is 2.77. The van der Waals surface area contributed by atoms with Crippen LogP contribution in [0.1, 0.15) is 67.2 Å². The van der Waals surface area contributed by atoms with Gasteiger partial charge in [0.1, 0.15) is 11.7 Å². The molecule has 4 rings (SSSR count). The van der Waals surface area contributed by atoms with Crippen LogP contribution in [0.15, 0.2) is 12.2 Å². The normalized spacial score (nSPS) is 43.9. The highest BCUT2D eigenvalue weighted by atomic mass is 16.6. The summed E-state index contributed by atoms with van der Waals surface area (Å²) < 4.78 is 11.8. The molecule has 0 aromatic rings. The SMILES string of the molecule is CC(C)(C)OC(=O)[C@H]1[C@@H](C(=O)O[C@@H]2C[C@@H]3CC[C@@]2(C)C3(C)C)[C@H]2C=C[C@@H]1C2. The van der Waals surface area contributed by atoms with Gasteiger partial charge in [-0.05, 0) is 69.6 Å². The van der Waals surface area contributed by atoms with E-state index in [-0.39, 0.29) is 46.6 Å². The first-order chi connectivity index (χ1) is 12.4. The first-order valence-electron chi connectivity index (χ1n) is 10.6. The van der Waals surface area contributed by atoms with Gasteiger partial charge in [-0.3, -0.25) is 9.59 Å². The van der Waals surface area contributed by atoms with Gasteiger partial charge in [-0.2, -0.15) is 0 Å². The molecule has 3 fully saturated rings. The molecule has 0 aromatic carbocycles. The Balaban J connectivity index is 1.51. The summed E-state index contributed by atoms with van der Waals surface area (Å²) >= 11 is 0. The zero-order valence-corrected chi connectivity index (χ0v) is 17.6. The van der Waals surface area contributed by atoms with Gasteiger partial charge in [0.15, 0.2) is 0 Å². The van der Waals surface area contributed by atoms with Crippen molar-refractivity contribution in [3.63, 3.8) is 0 Å². The summed E-state index contributed by atoms with van der Waals surface area (Å²) in [5.41, 5.74) is -0.293. The largest absolute Gasteiger partial charge is 0.462 e.